The summed E-state index contributed by atoms with van der Waals surface area (Å²) in [6, 6.07) is 13.0. The van der Waals surface area contributed by atoms with E-state index in [9.17, 15) is 0 Å². The van der Waals surface area contributed by atoms with Crippen molar-refractivity contribution in [1.82, 2.24) is 9.80 Å². The molecule has 0 atom stereocenters. The highest BCUT2D eigenvalue weighted by molar-refractivity contribution is 7.81. The van der Waals surface area contributed by atoms with Crippen LogP contribution in [0.25, 0.3) is 10.8 Å². The number of benzene rings is 2. The minimum Gasteiger partial charge on any atom is -0.362 e. The SMILES string of the molecule is S=C(c1ccc(C(=S)N(CCCCS)CCCCS)c2ccccc12)N(CCCCS)CCCCS. The summed E-state index contributed by atoms with van der Waals surface area (Å²) in [5.41, 5.74) is 2.25. The number of nitrogens with zero attached hydrogens (tertiary/aromatic N) is 2. The van der Waals surface area contributed by atoms with Crippen LogP contribution in [0.3, 0.4) is 0 Å². The zero-order valence-corrected chi connectivity index (χ0v) is 26.5. The molecule has 8 heteroatoms. The van der Waals surface area contributed by atoms with Gasteiger partial charge in [0.2, 0.25) is 0 Å². The number of thiol groups is 4. The summed E-state index contributed by atoms with van der Waals surface area (Å²) in [5, 5.41) is 2.36. The van der Waals surface area contributed by atoms with Crippen LogP contribution in [0, 0.1) is 0 Å². The average Bonchev–Trinajstić information content (AvgIpc) is 2.90. The third-order valence-corrected chi connectivity index (χ3v) is 8.53. The van der Waals surface area contributed by atoms with Crippen LogP contribution in [0.5, 0.6) is 0 Å². The highest BCUT2D eigenvalue weighted by Gasteiger charge is 2.19. The Hall–Kier alpha value is -0.120. The predicted molar refractivity (Wildman–Crippen MR) is 183 cm³/mol. The van der Waals surface area contributed by atoms with Crippen molar-refractivity contribution in [3.63, 3.8) is 0 Å². The zero-order valence-electron chi connectivity index (χ0n) is 21.3. The smallest absolute Gasteiger partial charge is 0.109 e. The first-order chi connectivity index (χ1) is 17.6. The molecule has 0 saturated heterocycles. The molecule has 0 aliphatic rings. The van der Waals surface area contributed by atoms with Crippen molar-refractivity contribution in [3.05, 3.63) is 47.5 Å². The number of unbranched alkanes of at least 4 members (excludes halogenated alkanes) is 4. The van der Waals surface area contributed by atoms with E-state index in [0.29, 0.717) is 0 Å². The van der Waals surface area contributed by atoms with Crippen LogP contribution in [-0.4, -0.2) is 69.0 Å². The van der Waals surface area contributed by atoms with E-state index in [1.165, 1.54) is 10.8 Å². The van der Waals surface area contributed by atoms with Crippen LogP contribution in [0.1, 0.15) is 62.5 Å². The Morgan fingerprint density at radius 2 is 0.806 bits per heavy atom. The normalized spacial score (nSPS) is 11.1. The van der Waals surface area contributed by atoms with Crippen molar-refractivity contribution in [2.75, 3.05) is 49.2 Å². The molecule has 0 unspecified atom stereocenters. The first-order valence-electron chi connectivity index (χ1n) is 13.1. The maximum Gasteiger partial charge on any atom is 0.109 e. The summed E-state index contributed by atoms with van der Waals surface area (Å²) in [6.07, 6.45) is 8.77. The molecule has 0 fully saturated rings. The van der Waals surface area contributed by atoms with E-state index in [1.54, 1.807) is 0 Å². The Bertz CT molecular complexity index is 841. The fourth-order valence-electron chi connectivity index (χ4n) is 4.30. The molecule has 2 aromatic rings. The van der Waals surface area contributed by atoms with Gasteiger partial charge in [0.15, 0.2) is 0 Å². The van der Waals surface area contributed by atoms with Crippen molar-refractivity contribution in [3.8, 4) is 0 Å². The summed E-state index contributed by atoms with van der Waals surface area (Å²) in [6.45, 7) is 3.85. The van der Waals surface area contributed by atoms with Crippen molar-refractivity contribution in [2.45, 2.75) is 51.4 Å². The zero-order chi connectivity index (χ0) is 26.2. The van der Waals surface area contributed by atoms with E-state index in [4.69, 9.17) is 24.4 Å². The summed E-state index contributed by atoms with van der Waals surface area (Å²) in [7, 11) is 0. The third-order valence-electron chi connectivity index (χ3n) is 6.30. The van der Waals surface area contributed by atoms with Crippen LogP contribution in [0.15, 0.2) is 36.4 Å². The molecule has 0 bridgehead atoms. The second-order valence-electron chi connectivity index (χ2n) is 9.01. The van der Waals surface area contributed by atoms with E-state index in [1.807, 2.05) is 0 Å². The molecule has 0 aliphatic heterocycles. The lowest BCUT2D eigenvalue weighted by atomic mass is 9.98. The van der Waals surface area contributed by atoms with Crippen molar-refractivity contribution in [2.24, 2.45) is 0 Å². The van der Waals surface area contributed by atoms with Gasteiger partial charge in [0, 0.05) is 37.3 Å². The van der Waals surface area contributed by atoms with Gasteiger partial charge in [-0.2, -0.15) is 50.5 Å². The summed E-state index contributed by atoms with van der Waals surface area (Å²) in [5.74, 6) is 3.63. The highest BCUT2D eigenvalue weighted by Crippen LogP contribution is 2.27. The van der Waals surface area contributed by atoms with E-state index in [-0.39, 0.29) is 0 Å². The summed E-state index contributed by atoms with van der Waals surface area (Å²) in [4.78, 5) is 6.62. The Balaban J connectivity index is 2.36. The summed E-state index contributed by atoms with van der Waals surface area (Å²) < 4.78 is 0. The fourth-order valence-corrected chi connectivity index (χ4v) is 5.92. The van der Waals surface area contributed by atoms with Gasteiger partial charge in [0.1, 0.15) is 9.98 Å². The number of rotatable bonds is 18. The molecule has 0 aromatic heterocycles. The molecule has 0 saturated carbocycles. The molecule has 2 aromatic carbocycles. The van der Waals surface area contributed by atoms with Gasteiger partial charge in [0.25, 0.3) is 0 Å². The summed E-state index contributed by atoms with van der Waals surface area (Å²) >= 11 is 29.8. The molecule has 0 amide bonds. The monoisotopic (exact) mass is 598 g/mol. The van der Waals surface area contributed by atoms with Crippen molar-refractivity contribution in [1.29, 1.82) is 0 Å². The second kappa shape index (κ2) is 19.0. The molecule has 0 heterocycles. The third kappa shape index (κ3) is 10.2. The fraction of sp³-hybridized carbons (Fsp3) is 0.571. The van der Waals surface area contributed by atoms with Gasteiger partial charge < -0.3 is 9.80 Å². The predicted octanol–water partition coefficient (Wildman–Crippen LogP) is 7.63. The van der Waals surface area contributed by atoms with Gasteiger partial charge in [-0.05, 0) is 85.2 Å². The quantitative estimate of drug-likeness (QED) is 0.0796. The van der Waals surface area contributed by atoms with Gasteiger partial charge >= 0.3 is 0 Å². The minimum absolute atomic E-state index is 0.908. The molecular formula is C28H42N2S6. The van der Waals surface area contributed by atoms with Gasteiger partial charge in [-0.3, -0.25) is 0 Å². The Kier molecular flexibility index (Phi) is 17.0. The maximum absolute atomic E-state index is 6.10. The molecule has 0 spiro atoms. The molecule has 0 N–H and O–H groups in total. The van der Waals surface area contributed by atoms with Gasteiger partial charge in [-0.1, -0.05) is 60.8 Å². The van der Waals surface area contributed by atoms with Crippen LogP contribution in [0.2, 0.25) is 0 Å². The first-order valence-corrected chi connectivity index (χ1v) is 16.5. The van der Waals surface area contributed by atoms with E-state index < -0.39 is 0 Å². The van der Waals surface area contributed by atoms with Crippen LogP contribution < -0.4 is 0 Å². The van der Waals surface area contributed by atoms with Crippen LogP contribution in [0.4, 0.5) is 0 Å². The van der Waals surface area contributed by atoms with Crippen molar-refractivity contribution >= 4 is 95.7 Å². The van der Waals surface area contributed by atoms with Crippen LogP contribution >= 0.6 is 75.0 Å². The highest BCUT2D eigenvalue weighted by atomic mass is 32.1. The Morgan fingerprint density at radius 3 is 1.08 bits per heavy atom. The van der Waals surface area contributed by atoms with E-state index in [2.05, 4.69) is 96.7 Å². The van der Waals surface area contributed by atoms with Gasteiger partial charge in [0.05, 0.1) is 0 Å². The van der Waals surface area contributed by atoms with Gasteiger partial charge in [-0.15, -0.1) is 0 Å². The van der Waals surface area contributed by atoms with E-state index in [0.717, 1.165) is 122 Å². The molecule has 200 valence electrons. The molecule has 36 heavy (non-hydrogen) atoms. The lowest BCUT2D eigenvalue weighted by Crippen LogP contribution is -2.33. The Morgan fingerprint density at radius 1 is 0.500 bits per heavy atom. The molecule has 2 nitrogen and oxygen atoms in total. The number of hydrogen-bond acceptors (Lipinski definition) is 6. The molecule has 0 radical (unpaired) electrons. The number of fused-ring (bicyclic) bond motifs is 1. The lowest BCUT2D eigenvalue weighted by molar-refractivity contribution is 0.406. The van der Waals surface area contributed by atoms with Gasteiger partial charge in [-0.25, -0.2) is 0 Å². The van der Waals surface area contributed by atoms with Crippen molar-refractivity contribution < 1.29 is 0 Å². The van der Waals surface area contributed by atoms with Crippen LogP contribution in [-0.2, 0) is 0 Å². The minimum atomic E-state index is 0.908. The van der Waals surface area contributed by atoms with E-state index >= 15 is 0 Å². The average molecular weight is 599 g/mol. The first kappa shape index (κ1) is 32.1. The standard InChI is InChI=1S/C28H42N2S6/c31-19-7-3-15-29(16-4-8-20-32)27(35)25-13-14-26(24-12-2-1-11-23(24)25)28(36)30(17-5-9-21-33)18-6-10-22-34/h1-2,11-14,31-34H,3-10,15-22H2. The lowest BCUT2D eigenvalue weighted by Gasteiger charge is -2.28. The maximum atomic E-state index is 6.10. The molecular weight excluding hydrogens is 557 g/mol. The molecule has 2 rings (SSSR count). The molecule has 0 aliphatic carbocycles. The largest absolute Gasteiger partial charge is 0.362 e. The number of hydrogen-bond donors (Lipinski definition) is 4. The Labute approximate surface area is 252 Å². The topological polar surface area (TPSA) is 6.48 Å². The number of thiocarbonyl (C=S) groups is 2. The second-order valence-corrected chi connectivity index (χ2v) is 11.6.